The van der Waals surface area contributed by atoms with Crippen molar-refractivity contribution in [3.63, 3.8) is 0 Å². The summed E-state index contributed by atoms with van der Waals surface area (Å²) in [4.78, 5) is 31.5. The van der Waals surface area contributed by atoms with Crippen molar-refractivity contribution in [1.29, 1.82) is 0 Å². The van der Waals surface area contributed by atoms with Crippen LogP contribution < -0.4 is 10.6 Å². The van der Waals surface area contributed by atoms with Gasteiger partial charge in [-0.3, -0.25) is 20.2 Å². The van der Waals surface area contributed by atoms with Crippen molar-refractivity contribution < 1.29 is 9.72 Å². The largest absolute Gasteiger partial charge is 0.350 e. The lowest BCUT2D eigenvalue weighted by Gasteiger charge is -2.20. The number of nitrogens with one attached hydrogen (secondary N) is 2. The zero-order valence-corrected chi connectivity index (χ0v) is 16.5. The minimum absolute atomic E-state index is 0.165. The van der Waals surface area contributed by atoms with Crippen molar-refractivity contribution in [2.24, 2.45) is 0 Å². The molecule has 0 radical (unpaired) electrons. The van der Waals surface area contributed by atoms with Crippen LogP contribution in [0.1, 0.15) is 20.9 Å². The maximum Gasteiger partial charge on any atom is 0.293 e. The highest BCUT2D eigenvalue weighted by molar-refractivity contribution is 7.15. The van der Waals surface area contributed by atoms with E-state index in [1.807, 2.05) is 37.4 Å². The van der Waals surface area contributed by atoms with Gasteiger partial charge < -0.3 is 10.2 Å². The van der Waals surface area contributed by atoms with E-state index < -0.39 is 10.8 Å². The van der Waals surface area contributed by atoms with Crippen molar-refractivity contribution in [1.82, 2.24) is 9.88 Å². The number of fused-ring (bicyclic) bond motifs is 1. The molecule has 148 valence electrons. The topological polar surface area (TPSA) is 100 Å². The van der Waals surface area contributed by atoms with Gasteiger partial charge >= 0.3 is 0 Å². The molecule has 4 rings (SSSR count). The number of carbonyl (C=O) groups is 1. The second-order valence-corrected chi connectivity index (χ2v) is 7.89. The number of hydrogen-bond acceptors (Lipinski definition) is 7. The number of nitro groups is 1. The lowest BCUT2D eigenvalue weighted by Crippen LogP contribution is -2.25. The average molecular weight is 409 g/mol. The smallest absolute Gasteiger partial charge is 0.293 e. The first-order valence-electron chi connectivity index (χ1n) is 9.08. The van der Waals surface area contributed by atoms with Gasteiger partial charge in [-0.1, -0.05) is 18.2 Å². The van der Waals surface area contributed by atoms with Crippen molar-refractivity contribution in [3.8, 4) is 0 Å². The number of hydrogen-bond donors (Lipinski definition) is 2. The van der Waals surface area contributed by atoms with Gasteiger partial charge in [0.25, 0.3) is 11.6 Å². The van der Waals surface area contributed by atoms with E-state index in [1.54, 1.807) is 12.1 Å². The predicted molar refractivity (Wildman–Crippen MR) is 113 cm³/mol. The molecule has 1 amide bonds. The number of para-hydroxylation sites is 1. The van der Waals surface area contributed by atoms with Crippen LogP contribution in [-0.4, -0.2) is 34.3 Å². The van der Waals surface area contributed by atoms with Gasteiger partial charge in [-0.05, 0) is 31.3 Å². The number of nitro benzene ring substituents is 1. The Balaban J connectivity index is 1.54. The summed E-state index contributed by atoms with van der Waals surface area (Å²) in [6, 6.07) is 13.5. The zero-order chi connectivity index (χ0) is 20.4. The standard InChI is InChI=1S/C20H19N5O3S/c1-24-10-9-16-18(12-24)29-20(22-16)23-19(26)13-7-8-15(17(11-13)25(27)28)21-14-5-3-2-4-6-14/h2-8,11,21H,9-10,12H2,1H3,(H,22,23,26). The number of aromatic nitrogens is 1. The second kappa shape index (κ2) is 7.98. The number of nitrogens with zero attached hydrogens (tertiary/aromatic N) is 3. The van der Waals surface area contributed by atoms with Crippen LogP contribution in [0.4, 0.5) is 22.2 Å². The molecule has 0 saturated carbocycles. The molecule has 0 saturated heterocycles. The van der Waals surface area contributed by atoms with E-state index in [2.05, 4.69) is 20.5 Å². The van der Waals surface area contributed by atoms with Gasteiger partial charge in [-0.25, -0.2) is 4.98 Å². The molecule has 2 heterocycles. The monoisotopic (exact) mass is 409 g/mol. The third kappa shape index (κ3) is 4.25. The van der Waals surface area contributed by atoms with Crippen LogP contribution in [0.25, 0.3) is 0 Å². The lowest BCUT2D eigenvalue weighted by atomic mass is 10.1. The van der Waals surface area contributed by atoms with Crippen molar-refractivity contribution in [2.45, 2.75) is 13.0 Å². The third-order valence-corrected chi connectivity index (χ3v) is 5.65. The number of thiazole rings is 1. The quantitative estimate of drug-likeness (QED) is 0.487. The highest BCUT2D eigenvalue weighted by Crippen LogP contribution is 2.30. The molecule has 1 aliphatic heterocycles. The summed E-state index contributed by atoms with van der Waals surface area (Å²) >= 11 is 1.45. The van der Waals surface area contributed by atoms with Crippen LogP contribution in [0.5, 0.6) is 0 Å². The van der Waals surface area contributed by atoms with E-state index in [0.29, 0.717) is 10.8 Å². The van der Waals surface area contributed by atoms with Crippen molar-refractivity contribution in [3.05, 3.63) is 74.8 Å². The molecule has 0 spiro atoms. The number of anilines is 3. The van der Waals surface area contributed by atoms with E-state index in [-0.39, 0.29) is 11.3 Å². The number of likely N-dealkylation sites (N-methyl/N-ethyl adjacent to an activating group) is 1. The third-order valence-electron chi connectivity index (χ3n) is 4.65. The molecule has 1 aromatic heterocycles. The van der Waals surface area contributed by atoms with Gasteiger partial charge in [0.2, 0.25) is 0 Å². The summed E-state index contributed by atoms with van der Waals surface area (Å²) in [6.07, 6.45) is 0.851. The Bertz CT molecular complexity index is 1070. The summed E-state index contributed by atoms with van der Waals surface area (Å²) in [5, 5.41) is 17.8. The van der Waals surface area contributed by atoms with Crippen LogP contribution in [0.2, 0.25) is 0 Å². The molecule has 2 N–H and O–H groups in total. The molecule has 1 aliphatic rings. The van der Waals surface area contributed by atoms with Crippen LogP contribution in [-0.2, 0) is 13.0 Å². The Labute approximate surface area is 171 Å². The van der Waals surface area contributed by atoms with E-state index in [4.69, 9.17) is 0 Å². The van der Waals surface area contributed by atoms with Gasteiger partial charge in [0.05, 0.1) is 10.6 Å². The SMILES string of the molecule is CN1CCc2nc(NC(=O)c3ccc(Nc4ccccc4)c([N+](=O)[O-])c3)sc2C1. The van der Waals surface area contributed by atoms with E-state index in [0.717, 1.165) is 35.8 Å². The molecule has 0 bridgehead atoms. The molecular formula is C20H19N5O3S. The molecule has 9 heteroatoms. The first-order chi connectivity index (χ1) is 14.0. The summed E-state index contributed by atoms with van der Waals surface area (Å²) in [6.45, 7) is 1.75. The molecule has 29 heavy (non-hydrogen) atoms. The number of amides is 1. The first kappa shape index (κ1) is 19.0. The number of benzene rings is 2. The lowest BCUT2D eigenvalue weighted by molar-refractivity contribution is -0.383. The Hall–Kier alpha value is -3.30. The average Bonchev–Trinajstić information content (AvgIpc) is 3.10. The normalized spacial score (nSPS) is 13.6. The van der Waals surface area contributed by atoms with Gasteiger partial charge in [0.1, 0.15) is 5.69 Å². The Morgan fingerprint density at radius 3 is 2.79 bits per heavy atom. The first-order valence-corrected chi connectivity index (χ1v) is 9.90. The number of carbonyl (C=O) groups excluding carboxylic acids is 1. The summed E-state index contributed by atoms with van der Waals surface area (Å²) < 4.78 is 0. The van der Waals surface area contributed by atoms with Gasteiger partial charge in [0, 0.05) is 41.7 Å². The van der Waals surface area contributed by atoms with Crippen LogP contribution in [0.15, 0.2) is 48.5 Å². The maximum atomic E-state index is 12.6. The molecule has 0 fully saturated rings. The zero-order valence-electron chi connectivity index (χ0n) is 15.7. The highest BCUT2D eigenvalue weighted by Gasteiger charge is 2.21. The minimum Gasteiger partial charge on any atom is -0.350 e. The molecular weight excluding hydrogens is 390 g/mol. The van der Waals surface area contributed by atoms with E-state index in [9.17, 15) is 14.9 Å². The fourth-order valence-electron chi connectivity index (χ4n) is 3.15. The van der Waals surface area contributed by atoms with Gasteiger partial charge in [-0.2, -0.15) is 0 Å². The predicted octanol–water partition coefficient (Wildman–Crippen LogP) is 4.04. The summed E-state index contributed by atoms with van der Waals surface area (Å²) in [5.74, 6) is -0.418. The van der Waals surface area contributed by atoms with Crippen LogP contribution in [0.3, 0.4) is 0 Å². The number of rotatable bonds is 5. The summed E-state index contributed by atoms with van der Waals surface area (Å²) in [5.41, 5.74) is 2.11. The van der Waals surface area contributed by atoms with Gasteiger partial charge in [0.15, 0.2) is 5.13 Å². The molecule has 0 atom stereocenters. The Morgan fingerprint density at radius 2 is 2.03 bits per heavy atom. The second-order valence-electron chi connectivity index (χ2n) is 6.81. The Morgan fingerprint density at radius 1 is 1.24 bits per heavy atom. The minimum atomic E-state index is -0.500. The van der Waals surface area contributed by atoms with E-state index >= 15 is 0 Å². The van der Waals surface area contributed by atoms with Crippen molar-refractivity contribution >= 4 is 39.4 Å². The van der Waals surface area contributed by atoms with Crippen molar-refractivity contribution in [2.75, 3.05) is 24.2 Å². The molecule has 3 aromatic rings. The molecule has 8 nitrogen and oxygen atoms in total. The Kier molecular flexibility index (Phi) is 5.24. The van der Waals surface area contributed by atoms with Crippen LogP contribution in [0, 0.1) is 10.1 Å². The molecule has 0 aliphatic carbocycles. The fourth-order valence-corrected chi connectivity index (χ4v) is 4.24. The highest BCUT2D eigenvalue weighted by atomic mass is 32.1. The van der Waals surface area contributed by atoms with Gasteiger partial charge in [-0.15, -0.1) is 11.3 Å². The van der Waals surface area contributed by atoms with Crippen LogP contribution >= 0.6 is 11.3 Å². The molecule has 0 unspecified atom stereocenters. The summed E-state index contributed by atoms with van der Waals surface area (Å²) in [7, 11) is 2.05. The van der Waals surface area contributed by atoms with E-state index in [1.165, 1.54) is 17.4 Å². The maximum absolute atomic E-state index is 12.6. The fraction of sp³-hybridized carbons (Fsp3) is 0.200. The molecule has 2 aromatic carbocycles.